The molecule has 2 heterocycles. The maximum atomic E-state index is 12.3. The molecular weight excluding hydrogens is 367 g/mol. The molecule has 9 heteroatoms. The van der Waals surface area contributed by atoms with Gasteiger partial charge in [0.2, 0.25) is 0 Å². The van der Waals surface area contributed by atoms with Crippen molar-refractivity contribution in [3.63, 3.8) is 0 Å². The van der Waals surface area contributed by atoms with Crippen molar-refractivity contribution in [3.8, 4) is 5.69 Å². The van der Waals surface area contributed by atoms with Crippen LogP contribution in [0.5, 0.6) is 0 Å². The van der Waals surface area contributed by atoms with Crippen molar-refractivity contribution >= 4 is 57.7 Å². The topological polar surface area (TPSA) is 59.8 Å². The average Bonchev–Trinajstić information content (AvgIpc) is 3.08. The fourth-order valence-electron chi connectivity index (χ4n) is 1.83. The predicted molar refractivity (Wildman–Crippen MR) is 88.7 cm³/mol. The van der Waals surface area contributed by atoms with Crippen LogP contribution in [0.4, 0.5) is 5.69 Å². The van der Waals surface area contributed by atoms with Gasteiger partial charge in [0.05, 0.1) is 21.3 Å². The van der Waals surface area contributed by atoms with E-state index in [9.17, 15) is 4.79 Å². The highest BCUT2D eigenvalue weighted by atomic mass is 35.5. The summed E-state index contributed by atoms with van der Waals surface area (Å²) < 4.78 is 2.29. The highest BCUT2D eigenvalue weighted by Gasteiger charge is 2.16. The summed E-state index contributed by atoms with van der Waals surface area (Å²) >= 11 is 19.0. The second-order valence-electron chi connectivity index (χ2n) is 4.19. The lowest BCUT2D eigenvalue weighted by Crippen LogP contribution is -2.13. The number of nitrogens with one attached hydrogen (secondary N) is 1. The number of carbonyl (C=O) groups excluding carboxylic acids is 1. The van der Waals surface area contributed by atoms with E-state index in [1.54, 1.807) is 18.2 Å². The molecule has 0 spiro atoms. The third kappa shape index (κ3) is 3.10. The molecule has 3 rings (SSSR count). The van der Waals surface area contributed by atoms with Crippen LogP contribution in [-0.2, 0) is 0 Å². The summed E-state index contributed by atoms with van der Waals surface area (Å²) in [6.07, 6.45) is 2.92. The van der Waals surface area contributed by atoms with Crippen molar-refractivity contribution in [2.45, 2.75) is 0 Å². The van der Waals surface area contributed by atoms with Crippen molar-refractivity contribution in [2.75, 3.05) is 5.32 Å². The summed E-state index contributed by atoms with van der Waals surface area (Å²) in [4.78, 5) is 16.2. The molecule has 1 N–H and O–H groups in total. The van der Waals surface area contributed by atoms with E-state index in [2.05, 4.69) is 15.4 Å². The molecule has 0 saturated carbocycles. The van der Waals surface area contributed by atoms with E-state index in [1.807, 2.05) is 0 Å². The first-order valence-electron chi connectivity index (χ1n) is 5.95. The molecule has 1 amide bonds. The maximum absolute atomic E-state index is 12.3. The Balaban J connectivity index is 1.96. The molecule has 0 aliphatic rings. The third-order valence-electron chi connectivity index (χ3n) is 2.77. The Morgan fingerprint density at radius 2 is 2.05 bits per heavy atom. The van der Waals surface area contributed by atoms with Crippen molar-refractivity contribution in [1.82, 2.24) is 14.8 Å². The van der Waals surface area contributed by atoms with Crippen LogP contribution < -0.4 is 5.32 Å². The summed E-state index contributed by atoms with van der Waals surface area (Å²) in [5.74, 6) is -0.378. The van der Waals surface area contributed by atoms with Crippen molar-refractivity contribution in [1.29, 1.82) is 0 Å². The second kappa shape index (κ2) is 6.26. The molecule has 112 valence electrons. The Bertz CT molecular complexity index is 832. The Labute approximate surface area is 144 Å². The average molecular weight is 374 g/mol. The Hall–Kier alpha value is -1.60. The van der Waals surface area contributed by atoms with Crippen molar-refractivity contribution in [2.24, 2.45) is 0 Å². The van der Waals surface area contributed by atoms with Crippen LogP contribution in [0.25, 0.3) is 5.69 Å². The van der Waals surface area contributed by atoms with E-state index < -0.39 is 0 Å². The molecule has 2 aromatic heterocycles. The monoisotopic (exact) mass is 372 g/mol. The van der Waals surface area contributed by atoms with Gasteiger partial charge in [-0.2, -0.15) is 5.10 Å². The minimum Gasteiger partial charge on any atom is -0.320 e. The highest BCUT2D eigenvalue weighted by Crippen LogP contribution is 2.32. The molecule has 0 bridgehead atoms. The van der Waals surface area contributed by atoms with Gasteiger partial charge < -0.3 is 5.32 Å². The van der Waals surface area contributed by atoms with Crippen LogP contribution in [0.2, 0.25) is 13.7 Å². The predicted octanol–water partition coefficient (Wildman–Crippen LogP) is 4.54. The van der Waals surface area contributed by atoms with Crippen molar-refractivity contribution < 1.29 is 4.79 Å². The SMILES string of the molecule is O=C(Nc1cc(Cl)ccc1-n1cncn1)c1cc(Cl)sc1Cl. The number of rotatable bonds is 3. The van der Waals surface area contributed by atoms with Gasteiger partial charge in [0.25, 0.3) is 5.91 Å². The molecule has 1 aromatic carbocycles. The quantitative estimate of drug-likeness (QED) is 0.733. The zero-order valence-electron chi connectivity index (χ0n) is 10.8. The molecule has 22 heavy (non-hydrogen) atoms. The van der Waals surface area contributed by atoms with Crippen LogP contribution in [-0.4, -0.2) is 20.7 Å². The number of amides is 1. The zero-order chi connectivity index (χ0) is 15.7. The fourth-order valence-corrected chi connectivity index (χ4v) is 3.46. The third-order valence-corrected chi connectivity index (χ3v) is 4.50. The van der Waals surface area contributed by atoms with Gasteiger partial charge in [0.1, 0.15) is 17.0 Å². The molecule has 0 fully saturated rings. The zero-order valence-corrected chi connectivity index (χ0v) is 13.8. The van der Waals surface area contributed by atoms with Gasteiger partial charge in [-0.05, 0) is 24.3 Å². The number of benzene rings is 1. The summed E-state index contributed by atoms with van der Waals surface area (Å²) in [7, 11) is 0. The van der Waals surface area contributed by atoms with Gasteiger partial charge in [0, 0.05) is 5.02 Å². The summed E-state index contributed by atoms with van der Waals surface area (Å²) in [6.45, 7) is 0. The molecule has 0 aliphatic carbocycles. The largest absolute Gasteiger partial charge is 0.320 e. The van der Waals surface area contributed by atoms with Crippen molar-refractivity contribution in [3.05, 3.63) is 56.2 Å². The second-order valence-corrected chi connectivity index (χ2v) is 6.92. The number of halogens is 3. The number of anilines is 1. The van der Waals surface area contributed by atoms with E-state index in [0.717, 1.165) is 11.3 Å². The van der Waals surface area contributed by atoms with Crippen LogP contribution in [0, 0.1) is 0 Å². The van der Waals surface area contributed by atoms with E-state index in [-0.39, 0.29) is 5.91 Å². The van der Waals surface area contributed by atoms with Gasteiger partial charge in [-0.25, -0.2) is 9.67 Å². The van der Waals surface area contributed by atoms with Gasteiger partial charge in [-0.3, -0.25) is 4.79 Å². The van der Waals surface area contributed by atoms with Gasteiger partial charge in [0.15, 0.2) is 0 Å². The number of hydrogen-bond donors (Lipinski definition) is 1. The van der Waals surface area contributed by atoms with Crippen LogP contribution in [0.3, 0.4) is 0 Å². The normalized spacial score (nSPS) is 10.7. The molecule has 0 radical (unpaired) electrons. The highest BCUT2D eigenvalue weighted by molar-refractivity contribution is 7.20. The minimum atomic E-state index is -0.378. The summed E-state index contributed by atoms with van der Waals surface area (Å²) in [5, 5.41) is 7.29. The first-order chi connectivity index (χ1) is 10.5. The lowest BCUT2D eigenvalue weighted by atomic mass is 10.2. The Morgan fingerprint density at radius 1 is 1.23 bits per heavy atom. The van der Waals surface area contributed by atoms with Gasteiger partial charge in [-0.15, -0.1) is 11.3 Å². The number of nitrogens with zero attached hydrogens (tertiary/aromatic N) is 3. The lowest BCUT2D eigenvalue weighted by Gasteiger charge is -2.11. The van der Waals surface area contributed by atoms with Gasteiger partial charge >= 0.3 is 0 Å². The van der Waals surface area contributed by atoms with E-state index >= 15 is 0 Å². The molecule has 0 unspecified atom stereocenters. The summed E-state index contributed by atoms with van der Waals surface area (Å²) in [6, 6.07) is 6.57. The fraction of sp³-hybridized carbons (Fsp3) is 0. The molecule has 0 saturated heterocycles. The Kier molecular flexibility index (Phi) is 4.35. The van der Waals surface area contributed by atoms with E-state index in [4.69, 9.17) is 34.8 Å². The molecule has 5 nitrogen and oxygen atoms in total. The smallest absolute Gasteiger partial charge is 0.258 e. The first kappa shape index (κ1) is 15.3. The number of thiophene rings is 1. The number of hydrogen-bond acceptors (Lipinski definition) is 4. The minimum absolute atomic E-state index is 0.307. The summed E-state index contributed by atoms with van der Waals surface area (Å²) in [5.41, 5.74) is 1.43. The number of carbonyl (C=O) groups is 1. The van der Waals surface area contributed by atoms with Crippen LogP contribution >= 0.6 is 46.1 Å². The molecule has 3 aromatic rings. The van der Waals surface area contributed by atoms with E-state index in [1.165, 1.54) is 23.4 Å². The maximum Gasteiger partial charge on any atom is 0.258 e. The molecule has 0 atom stereocenters. The van der Waals surface area contributed by atoms with Gasteiger partial charge in [-0.1, -0.05) is 34.8 Å². The molecular formula is C13H7Cl3N4OS. The van der Waals surface area contributed by atoms with Crippen LogP contribution in [0.15, 0.2) is 36.9 Å². The van der Waals surface area contributed by atoms with E-state index in [0.29, 0.717) is 30.6 Å². The standard InChI is InChI=1S/C13H7Cl3N4OS/c14-7-1-2-10(20-6-17-5-18-20)9(3-7)19-13(21)8-4-11(15)22-12(8)16/h1-6H,(H,19,21). The molecule has 0 aliphatic heterocycles. The lowest BCUT2D eigenvalue weighted by molar-refractivity contribution is 0.102. The first-order valence-corrected chi connectivity index (χ1v) is 7.90. The number of aromatic nitrogens is 3. The Morgan fingerprint density at radius 3 is 2.68 bits per heavy atom. The van der Waals surface area contributed by atoms with Crippen LogP contribution in [0.1, 0.15) is 10.4 Å².